The number of thioether (sulfide) groups is 1. The number of hydrogen-bond acceptors (Lipinski definition) is 3. The Morgan fingerprint density at radius 2 is 2.00 bits per heavy atom. The Balaban J connectivity index is 2.29. The van der Waals surface area contributed by atoms with Crippen molar-refractivity contribution in [3.63, 3.8) is 0 Å². The van der Waals surface area contributed by atoms with Crippen LogP contribution >= 0.6 is 11.8 Å². The Hall–Kier alpha value is -0.950. The summed E-state index contributed by atoms with van der Waals surface area (Å²) in [6.45, 7) is 0.252. The zero-order valence-corrected chi connectivity index (χ0v) is 9.54. The molecule has 0 aliphatic rings. The predicted octanol–water partition coefficient (Wildman–Crippen LogP) is 2.87. The molecular weight excluding hydrogens is 258 g/mol. The van der Waals surface area contributed by atoms with Crippen LogP contribution in [-0.2, 0) is 6.54 Å². The minimum atomic E-state index is -4.23. The molecule has 0 spiro atoms. The summed E-state index contributed by atoms with van der Waals surface area (Å²) in [5.74, 6) is -0.703. The van der Waals surface area contributed by atoms with Crippen LogP contribution in [-0.4, -0.2) is 22.9 Å². The number of phenolic OH excluding ortho intramolecular Hbond substituents is 1. The van der Waals surface area contributed by atoms with Gasteiger partial charge in [-0.3, -0.25) is 0 Å². The quantitative estimate of drug-likeness (QED) is 0.637. The van der Waals surface area contributed by atoms with Gasteiger partial charge in [0.25, 0.3) is 0 Å². The minimum Gasteiger partial charge on any atom is -0.508 e. The standard InChI is InChI=1S/C10H11F4NOS/c11-8-1-2-9(16)7(5-8)6-15-3-4-17-10(12,13)14/h1-2,5,15-16H,3-4,6H2. The van der Waals surface area contributed by atoms with Gasteiger partial charge in [-0.05, 0) is 30.0 Å². The molecule has 2 nitrogen and oxygen atoms in total. The summed E-state index contributed by atoms with van der Waals surface area (Å²) >= 11 is -0.123. The largest absolute Gasteiger partial charge is 0.508 e. The molecule has 0 heterocycles. The van der Waals surface area contributed by atoms with Gasteiger partial charge in [0.05, 0.1) is 0 Å². The van der Waals surface area contributed by atoms with Crippen LogP contribution < -0.4 is 5.32 Å². The van der Waals surface area contributed by atoms with E-state index >= 15 is 0 Å². The van der Waals surface area contributed by atoms with E-state index in [0.29, 0.717) is 5.56 Å². The summed E-state index contributed by atoms with van der Waals surface area (Å²) in [5, 5.41) is 12.0. The molecule has 0 unspecified atom stereocenters. The molecule has 0 radical (unpaired) electrons. The van der Waals surface area contributed by atoms with E-state index in [1.165, 1.54) is 6.07 Å². The lowest BCUT2D eigenvalue weighted by molar-refractivity contribution is -0.0327. The van der Waals surface area contributed by atoms with Gasteiger partial charge in [0.2, 0.25) is 0 Å². The summed E-state index contributed by atoms with van der Waals surface area (Å²) in [7, 11) is 0. The molecule has 7 heteroatoms. The third-order valence-corrected chi connectivity index (χ3v) is 2.64. The first-order chi connectivity index (χ1) is 7.88. The number of halogens is 4. The van der Waals surface area contributed by atoms with Crippen LogP contribution in [0.2, 0.25) is 0 Å². The zero-order valence-electron chi connectivity index (χ0n) is 8.72. The maximum absolute atomic E-state index is 12.8. The average molecular weight is 269 g/mol. The molecule has 17 heavy (non-hydrogen) atoms. The lowest BCUT2D eigenvalue weighted by atomic mass is 10.2. The molecule has 0 saturated carbocycles. The minimum absolute atomic E-state index is 0.0811. The van der Waals surface area contributed by atoms with Crippen LogP contribution in [0.3, 0.4) is 0 Å². The molecule has 0 amide bonds. The molecule has 0 fully saturated rings. The topological polar surface area (TPSA) is 32.3 Å². The third-order valence-electron chi connectivity index (χ3n) is 1.90. The fraction of sp³-hybridized carbons (Fsp3) is 0.400. The lowest BCUT2D eigenvalue weighted by Gasteiger charge is -2.08. The van der Waals surface area contributed by atoms with Crippen molar-refractivity contribution in [1.29, 1.82) is 0 Å². The van der Waals surface area contributed by atoms with Crippen LogP contribution in [0.15, 0.2) is 18.2 Å². The van der Waals surface area contributed by atoms with Crippen LogP contribution in [0.25, 0.3) is 0 Å². The number of hydrogen-bond donors (Lipinski definition) is 2. The van der Waals surface area contributed by atoms with Gasteiger partial charge in [-0.25, -0.2) is 4.39 Å². The SMILES string of the molecule is Oc1ccc(F)cc1CNCCSC(F)(F)F. The Morgan fingerprint density at radius 3 is 2.65 bits per heavy atom. The molecule has 1 aromatic carbocycles. The average Bonchev–Trinajstić information content (AvgIpc) is 2.21. The number of rotatable bonds is 5. The van der Waals surface area contributed by atoms with Crippen molar-refractivity contribution in [2.45, 2.75) is 12.1 Å². The summed E-state index contributed by atoms with van der Waals surface area (Å²) in [4.78, 5) is 0. The Kier molecular flexibility index (Phi) is 5.07. The smallest absolute Gasteiger partial charge is 0.441 e. The zero-order chi connectivity index (χ0) is 12.9. The fourth-order valence-corrected chi connectivity index (χ4v) is 1.64. The second kappa shape index (κ2) is 6.11. The first-order valence-electron chi connectivity index (χ1n) is 4.77. The Morgan fingerprint density at radius 1 is 1.29 bits per heavy atom. The third kappa shape index (κ3) is 5.78. The first kappa shape index (κ1) is 14.1. The molecule has 0 aliphatic heterocycles. The molecule has 0 aliphatic carbocycles. The van der Waals surface area contributed by atoms with E-state index in [-0.39, 0.29) is 36.4 Å². The van der Waals surface area contributed by atoms with Gasteiger partial charge in [0.15, 0.2) is 0 Å². The van der Waals surface area contributed by atoms with Crippen molar-refractivity contribution in [2.24, 2.45) is 0 Å². The van der Waals surface area contributed by atoms with E-state index in [0.717, 1.165) is 12.1 Å². The van der Waals surface area contributed by atoms with Crippen LogP contribution in [0.1, 0.15) is 5.56 Å². The van der Waals surface area contributed by atoms with Crippen molar-refractivity contribution in [2.75, 3.05) is 12.3 Å². The molecule has 0 atom stereocenters. The van der Waals surface area contributed by atoms with E-state index in [1.54, 1.807) is 0 Å². The first-order valence-corrected chi connectivity index (χ1v) is 5.76. The van der Waals surface area contributed by atoms with Crippen molar-refractivity contribution >= 4 is 11.8 Å². The highest BCUT2D eigenvalue weighted by atomic mass is 32.2. The summed E-state index contributed by atoms with van der Waals surface area (Å²) < 4.78 is 48.1. The molecule has 0 aromatic heterocycles. The molecule has 0 bridgehead atoms. The Labute approximate surface area is 100 Å². The highest BCUT2D eigenvalue weighted by molar-refractivity contribution is 8.00. The summed E-state index contributed by atoms with van der Waals surface area (Å²) in [5.41, 5.74) is -3.91. The predicted molar refractivity (Wildman–Crippen MR) is 58.3 cm³/mol. The van der Waals surface area contributed by atoms with Crippen molar-refractivity contribution in [1.82, 2.24) is 5.32 Å². The van der Waals surface area contributed by atoms with Crippen molar-refractivity contribution < 1.29 is 22.7 Å². The summed E-state index contributed by atoms with van der Waals surface area (Å²) in [6, 6.07) is 3.45. The van der Waals surface area contributed by atoms with Crippen LogP contribution in [0, 0.1) is 5.82 Å². The second-order valence-corrected chi connectivity index (χ2v) is 4.40. The maximum atomic E-state index is 12.8. The molecule has 96 valence electrons. The summed E-state index contributed by atoms with van der Waals surface area (Å²) in [6.07, 6.45) is 0. The highest BCUT2D eigenvalue weighted by Gasteiger charge is 2.27. The van der Waals surface area contributed by atoms with E-state index < -0.39 is 11.3 Å². The van der Waals surface area contributed by atoms with Gasteiger partial charge in [0.1, 0.15) is 11.6 Å². The van der Waals surface area contributed by atoms with E-state index in [1.807, 2.05) is 0 Å². The fourth-order valence-electron chi connectivity index (χ4n) is 1.16. The lowest BCUT2D eigenvalue weighted by Crippen LogP contribution is -2.18. The number of phenols is 1. The van der Waals surface area contributed by atoms with Gasteiger partial charge >= 0.3 is 5.51 Å². The molecule has 2 N–H and O–H groups in total. The normalized spacial score (nSPS) is 11.8. The number of alkyl halides is 3. The molecular formula is C10H11F4NOS. The van der Waals surface area contributed by atoms with Gasteiger partial charge < -0.3 is 10.4 Å². The maximum Gasteiger partial charge on any atom is 0.441 e. The van der Waals surface area contributed by atoms with Gasteiger partial charge in [-0.2, -0.15) is 13.2 Å². The van der Waals surface area contributed by atoms with Crippen molar-refractivity contribution in [3.05, 3.63) is 29.6 Å². The highest BCUT2D eigenvalue weighted by Crippen LogP contribution is 2.29. The van der Waals surface area contributed by atoms with Gasteiger partial charge in [-0.1, -0.05) is 0 Å². The number of nitrogens with one attached hydrogen (secondary N) is 1. The molecule has 1 aromatic rings. The Bertz CT molecular complexity index is 370. The van der Waals surface area contributed by atoms with E-state index in [2.05, 4.69) is 5.32 Å². The monoisotopic (exact) mass is 269 g/mol. The molecule has 0 saturated heterocycles. The second-order valence-electron chi connectivity index (χ2n) is 3.24. The number of benzene rings is 1. The van der Waals surface area contributed by atoms with Crippen LogP contribution in [0.5, 0.6) is 5.75 Å². The number of aromatic hydroxyl groups is 1. The van der Waals surface area contributed by atoms with Gasteiger partial charge in [-0.15, -0.1) is 0 Å². The van der Waals surface area contributed by atoms with E-state index in [4.69, 9.17) is 0 Å². The van der Waals surface area contributed by atoms with Crippen LogP contribution in [0.4, 0.5) is 17.6 Å². The van der Waals surface area contributed by atoms with Gasteiger partial charge in [0, 0.05) is 24.4 Å². The van der Waals surface area contributed by atoms with E-state index in [9.17, 15) is 22.7 Å². The van der Waals surface area contributed by atoms with Crippen molar-refractivity contribution in [3.8, 4) is 5.75 Å². The molecule has 1 rings (SSSR count).